The van der Waals surface area contributed by atoms with Crippen LogP contribution in [-0.2, 0) is 6.42 Å². The number of hydrogen-bond acceptors (Lipinski definition) is 2. The van der Waals surface area contributed by atoms with Gasteiger partial charge < -0.3 is 10.1 Å². The van der Waals surface area contributed by atoms with Crippen molar-refractivity contribution in [2.75, 3.05) is 19.7 Å². The molecule has 2 aromatic carbocycles. The average molecular weight is 277 g/mol. The van der Waals surface area contributed by atoms with Gasteiger partial charge in [-0.3, -0.25) is 0 Å². The minimum Gasteiger partial charge on any atom is -0.492 e. The first-order valence-electron chi connectivity index (χ1n) is 6.57. The molecule has 0 fully saturated rings. The standard InChI is InChI=1S/C16H17F2NO/c17-14-10-13(11-15(18)12-14)6-7-19-8-9-20-16-4-2-1-3-5-16/h1-5,10-12,19H,6-9H2. The Labute approximate surface area is 117 Å². The van der Waals surface area contributed by atoms with Crippen LogP contribution in [0, 0.1) is 11.6 Å². The summed E-state index contributed by atoms with van der Waals surface area (Å²) in [5.41, 5.74) is 0.652. The van der Waals surface area contributed by atoms with Crippen LogP contribution in [0.3, 0.4) is 0 Å². The molecule has 2 nitrogen and oxygen atoms in total. The van der Waals surface area contributed by atoms with Crippen molar-refractivity contribution in [1.82, 2.24) is 5.32 Å². The summed E-state index contributed by atoms with van der Waals surface area (Å²) < 4.78 is 31.4. The van der Waals surface area contributed by atoms with Gasteiger partial charge in [-0.25, -0.2) is 8.78 Å². The molecular formula is C16H17F2NO. The first-order chi connectivity index (χ1) is 9.74. The Morgan fingerprint density at radius 2 is 1.60 bits per heavy atom. The van der Waals surface area contributed by atoms with Gasteiger partial charge in [-0.2, -0.15) is 0 Å². The molecule has 0 spiro atoms. The quantitative estimate of drug-likeness (QED) is 0.785. The molecule has 0 saturated carbocycles. The smallest absolute Gasteiger partial charge is 0.126 e. The predicted octanol–water partition coefficient (Wildman–Crippen LogP) is 3.18. The van der Waals surface area contributed by atoms with E-state index in [0.29, 0.717) is 31.7 Å². The van der Waals surface area contributed by atoms with Crippen molar-refractivity contribution >= 4 is 0 Å². The highest BCUT2D eigenvalue weighted by molar-refractivity contribution is 5.21. The molecule has 0 heterocycles. The van der Waals surface area contributed by atoms with Gasteiger partial charge in [-0.1, -0.05) is 18.2 Å². The van der Waals surface area contributed by atoms with E-state index in [1.165, 1.54) is 12.1 Å². The Morgan fingerprint density at radius 1 is 0.900 bits per heavy atom. The van der Waals surface area contributed by atoms with Crippen LogP contribution >= 0.6 is 0 Å². The molecule has 106 valence electrons. The Balaban J connectivity index is 1.62. The van der Waals surface area contributed by atoms with Gasteiger partial charge in [0.15, 0.2) is 0 Å². The number of rotatable bonds is 7. The topological polar surface area (TPSA) is 21.3 Å². The Kier molecular flexibility index (Phi) is 5.50. The zero-order valence-corrected chi connectivity index (χ0v) is 11.1. The van der Waals surface area contributed by atoms with Crippen LogP contribution < -0.4 is 10.1 Å². The average Bonchev–Trinajstić information content (AvgIpc) is 2.43. The number of ether oxygens (including phenoxy) is 1. The first-order valence-corrected chi connectivity index (χ1v) is 6.57. The first kappa shape index (κ1) is 14.5. The van der Waals surface area contributed by atoms with Crippen LogP contribution in [0.15, 0.2) is 48.5 Å². The van der Waals surface area contributed by atoms with E-state index in [2.05, 4.69) is 5.32 Å². The minimum atomic E-state index is -0.535. The summed E-state index contributed by atoms with van der Waals surface area (Å²) in [5.74, 6) is -0.235. The summed E-state index contributed by atoms with van der Waals surface area (Å²) in [5, 5.41) is 3.17. The molecule has 2 rings (SSSR count). The van der Waals surface area contributed by atoms with E-state index in [4.69, 9.17) is 4.74 Å². The highest BCUT2D eigenvalue weighted by atomic mass is 19.1. The second kappa shape index (κ2) is 7.60. The summed E-state index contributed by atoms with van der Waals surface area (Å²) in [6.45, 7) is 1.90. The van der Waals surface area contributed by atoms with Crippen LogP contribution in [-0.4, -0.2) is 19.7 Å². The number of benzene rings is 2. The van der Waals surface area contributed by atoms with Gasteiger partial charge in [0.25, 0.3) is 0 Å². The van der Waals surface area contributed by atoms with Crippen LogP contribution in [0.2, 0.25) is 0 Å². The highest BCUT2D eigenvalue weighted by Crippen LogP contribution is 2.08. The summed E-state index contributed by atoms with van der Waals surface area (Å²) in [6.07, 6.45) is 0.583. The van der Waals surface area contributed by atoms with Crippen molar-refractivity contribution in [2.45, 2.75) is 6.42 Å². The number of hydrogen-bond donors (Lipinski definition) is 1. The van der Waals surface area contributed by atoms with Crippen LogP contribution in [0.5, 0.6) is 5.75 Å². The third-order valence-corrected chi connectivity index (χ3v) is 2.80. The van der Waals surface area contributed by atoms with Crippen LogP contribution in [0.4, 0.5) is 8.78 Å². The summed E-state index contributed by atoms with van der Waals surface area (Å²) in [7, 11) is 0. The monoisotopic (exact) mass is 277 g/mol. The summed E-state index contributed by atoms with van der Waals surface area (Å²) in [6, 6.07) is 13.2. The van der Waals surface area contributed by atoms with Crippen molar-refractivity contribution in [1.29, 1.82) is 0 Å². The van der Waals surface area contributed by atoms with Crippen molar-refractivity contribution in [3.05, 3.63) is 65.7 Å². The number of halogens is 2. The van der Waals surface area contributed by atoms with Gasteiger partial charge in [-0.05, 0) is 42.8 Å². The molecule has 0 unspecified atom stereocenters. The number of nitrogens with one attached hydrogen (secondary N) is 1. The van der Waals surface area contributed by atoms with Crippen LogP contribution in [0.1, 0.15) is 5.56 Å². The van der Waals surface area contributed by atoms with Crippen LogP contribution in [0.25, 0.3) is 0 Å². The van der Waals surface area contributed by atoms with E-state index in [1.807, 2.05) is 30.3 Å². The van der Waals surface area contributed by atoms with Crippen molar-refractivity contribution in [3.63, 3.8) is 0 Å². The van der Waals surface area contributed by atoms with Gasteiger partial charge in [0.05, 0.1) is 0 Å². The Morgan fingerprint density at radius 3 is 2.30 bits per heavy atom. The zero-order chi connectivity index (χ0) is 14.2. The maximum Gasteiger partial charge on any atom is 0.126 e. The van der Waals surface area contributed by atoms with E-state index in [1.54, 1.807) is 0 Å². The lowest BCUT2D eigenvalue weighted by atomic mass is 10.1. The van der Waals surface area contributed by atoms with Crippen molar-refractivity contribution in [2.24, 2.45) is 0 Å². The van der Waals surface area contributed by atoms with E-state index >= 15 is 0 Å². The largest absolute Gasteiger partial charge is 0.492 e. The van der Waals surface area contributed by atoms with Gasteiger partial charge in [0.1, 0.15) is 24.0 Å². The minimum absolute atomic E-state index is 0.535. The molecule has 0 aliphatic rings. The van der Waals surface area contributed by atoms with Gasteiger partial charge in [0.2, 0.25) is 0 Å². The molecule has 0 aliphatic carbocycles. The maximum atomic E-state index is 13.0. The van der Waals surface area contributed by atoms with Crippen molar-refractivity contribution in [3.8, 4) is 5.75 Å². The van der Waals surface area contributed by atoms with Gasteiger partial charge in [0, 0.05) is 12.6 Å². The Bertz CT molecular complexity index is 511. The lowest BCUT2D eigenvalue weighted by Gasteiger charge is -2.07. The van der Waals surface area contributed by atoms with E-state index < -0.39 is 11.6 Å². The third-order valence-electron chi connectivity index (χ3n) is 2.80. The molecule has 4 heteroatoms. The molecule has 2 aromatic rings. The molecule has 1 N–H and O–H groups in total. The molecule has 0 amide bonds. The van der Waals surface area contributed by atoms with Gasteiger partial charge in [-0.15, -0.1) is 0 Å². The summed E-state index contributed by atoms with van der Waals surface area (Å²) >= 11 is 0. The van der Waals surface area contributed by atoms with E-state index in [-0.39, 0.29) is 0 Å². The lowest BCUT2D eigenvalue weighted by molar-refractivity contribution is 0.314. The second-order valence-electron chi connectivity index (χ2n) is 4.44. The van der Waals surface area contributed by atoms with E-state index in [9.17, 15) is 8.78 Å². The molecule has 0 aromatic heterocycles. The summed E-state index contributed by atoms with van der Waals surface area (Å²) in [4.78, 5) is 0. The number of para-hydroxylation sites is 1. The Hall–Kier alpha value is -1.94. The SMILES string of the molecule is Fc1cc(F)cc(CCNCCOc2ccccc2)c1. The predicted molar refractivity (Wildman–Crippen MR) is 74.9 cm³/mol. The molecular weight excluding hydrogens is 260 g/mol. The van der Waals surface area contributed by atoms with Gasteiger partial charge >= 0.3 is 0 Å². The zero-order valence-electron chi connectivity index (χ0n) is 11.1. The molecule has 0 aliphatic heterocycles. The maximum absolute atomic E-state index is 13.0. The fraction of sp³-hybridized carbons (Fsp3) is 0.250. The normalized spacial score (nSPS) is 10.5. The molecule has 20 heavy (non-hydrogen) atoms. The van der Waals surface area contributed by atoms with E-state index in [0.717, 1.165) is 11.8 Å². The molecule has 0 atom stereocenters. The molecule has 0 bridgehead atoms. The van der Waals surface area contributed by atoms with Crippen molar-refractivity contribution < 1.29 is 13.5 Å². The lowest BCUT2D eigenvalue weighted by Crippen LogP contribution is -2.23. The molecule has 0 radical (unpaired) electrons. The highest BCUT2D eigenvalue weighted by Gasteiger charge is 2.00. The molecule has 0 saturated heterocycles. The second-order valence-corrected chi connectivity index (χ2v) is 4.44. The fourth-order valence-electron chi connectivity index (χ4n) is 1.87. The fourth-order valence-corrected chi connectivity index (χ4v) is 1.87. The third kappa shape index (κ3) is 4.97.